The van der Waals surface area contributed by atoms with Gasteiger partial charge in [-0.2, -0.15) is 0 Å². The summed E-state index contributed by atoms with van der Waals surface area (Å²) in [7, 11) is 1.57. The summed E-state index contributed by atoms with van der Waals surface area (Å²) in [6, 6.07) is 0. The Balaban J connectivity index is 2.16. The molecule has 2 aliphatic rings. The molecule has 1 amide bonds. The number of likely N-dealkylation sites (N-methyl/N-ethyl adjacent to an activating group) is 1. The van der Waals surface area contributed by atoms with Crippen molar-refractivity contribution in [3.05, 3.63) is 0 Å². The van der Waals surface area contributed by atoms with Gasteiger partial charge in [-0.15, -0.1) is 0 Å². The molecule has 0 bridgehead atoms. The van der Waals surface area contributed by atoms with Crippen molar-refractivity contribution < 1.29 is 19.4 Å². The molecule has 120 valence electrons. The summed E-state index contributed by atoms with van der Waals surface area (Å²) in [4.78, 5) is 25.6. The van der Waals surface area contributed by atoms with Gasteiger partial charge < -0.3 is 9.84 Å². The summed E-state index contributed by atoms with van der Waals surface area (Å²) in [6.07, 6.45) is 4.89. The van der Waals surface area contributed by atoms with E-state index in [0.29, 0.717) is 24.7 Å². The Hall–Kier alpha value is -1.26. The van der Waals surface area contributed by atoms with Gasteiger partial charge in [-0.1, -0.05) is 6.42 Å². The Morgan fingerprint density at radius 3 is 2.29 bits per heavy atom. The van der Waals surface area contributed by atoms with Crippen LogP contribution in [-0.2, 0) is 9.53 Å². The molecule has 2 saturated carbocycles. The predicted octanol–water partition coefficient (Wildman–Crippen LogP) is 3.28. The van der Waals surface area contributed by atoms with Gasteiger partial charge in [-0.25, -0.2) is 9.59 Å². The van der Waals surface area contributed by atoms with Gasteiger partial charge in [-0.3, -0.25) is 4.90 Å². The van der Waals surface area contributed by atoms with Crippen LogP contribution in [-0.4, -0.2) is 40.3 Å². The van der Waals surface area contributed by atoms with Crippen LogP contribution < -0.4 is 0 Å². The third kappa shape index (κ3) is 3.50. The molecule has 1 N–H and O–H groups in total. The van der Waals surface area contributed by atoms with Crippen molar-refractivity contribution in [1.82, 2.24) is 4.90 Å². The number of carboxylic acids is 1. The lowest BCUT2D eigenvalue weighted by atomic mass is 9.73. The van der Waals surface area contributed by atoms with Gasteiger partial charge in [-0.05, 0) is 64.7 Å². The SMILES string of the molecule is CN(C(=O)OC(C)(C)C)C1(C(=O)O)CCCC(C2CC2)C1. The summed E-state index contributed by atoms with van der Waals surface area (Å²) in [5.74, 6) is 0.192. The van der Waals surface area contributed by atoms with Crippen LogP contribution in [0.1, 0.15) is 59.3 Å². The zero-order valence-corrected chi connectivity index (χ0v) is 13.5. The number of carbonyl (C=O) groups excluding carboxylic acids is 1. The van der Waals surface area contributed by atoms with Crippen LogP contribution >= 0.6 is 0 Å². The van der Waals surface area contributed by atoms with Crippen LogP contribution in [0.3, 0.4) is 0 Å². The summed E-state index contributed by atoms with van der Waals surface area (Å²) in [6.45, 7) is 5.38. The Morgan fingerprint density at radius 2 is 1.81 bits per heavy atom. The molecule has 21 heavy (non-hydrogen) atoms. The lowest BCUT2D eigenvalue weighted by Crippen LogP contribution is -2.58. The van der Waals surface area contributed by atoms with Gasteiger partial charge in [0.15, 0.2) is 0 Å². The average molecular weight is 297 g/mol. The number of carbonyl (C=O) groups is 2. The van der Waals surface area contributed by atoms with Gasteiger partial charge in [0.25, 0.3) is 0 Å². The van der Waals surface area contributed by atoms with Crippen molar-refractivity contribution in [3.63, 3.8) is 0 Å². The largest absolute Gasteiger partial charge is 0.479 e. The fraction of sp³-hybridized carbons (Fsp3) is 0.875. The van der Waals surface area contributed by atoms with Crippen LogP contribution in [0.25, 0.3) is 0 Å². The van der Waals surface area contributed by atoms with E-state index in [4.69, 9.17) is 4.74 Å². The number of nitrogens with zero attached hydrogens (tertiary/aromatic N) is 1. The van der Waals surface area contributed by atoms with E-state index in [0.717, 1.165) is 12.8 Å². The van der Waals surface area contributed by atoms with Crippen molar-refractivity contribution in [1.29, 1.82) is 0 Å². The number of carboxylic acid groups (broad SMARTS) is 1. The maximum atomic E-state index is 12.3. The standard InChI is InChI=1S/C16H27NO4/c1-15(2,3)21-14(20)17(4)16(13(18)19)9-5-6-12(10-16)11-7-8-11/h11-12H,5-10H2,1-4H3,(H,18,19). The molecule has 2 unspecified atom stereocenters. The van der Waals surface area contributed by atoms with E-state index < -0.39 is 23.2 Å². The number of rotatable bonds is 3. The highest BCUT2D eigenvalue weighted by molar-refractivity contribution is 5.84. The van der Waals surface area contributed by atoms with Crippen molar-refractivity contribution in [3.8, 4) is 0 Å². The molecule has 0 aromatic rings. The summed E-state index contributed by atoms with van der Waals surface area (Å²) in [5.41, 5.74) is -1.72. The maximum absolute atomic E-state index is 12.3. The van der Waals surface area contributed by atoms with Crippen molar-refractivity contribution >= 4 is 12.1 Å². The van der Waals surface area contributed by atoms with Crippen LogP contribution in [0.15, 0.2) is 0 Å². The monoisotopic (exact) mass is 297 g/mol. The minimum absolute atomic E-state index is 0.430. The molecule has 2 fully saturated rings. The molecule has 5 nitrogen and oxygen atoms in total. The van der Waals surface area contributed by atoms with E-state index in [1.54, 1.807) is 27.8 Å². The second-order valence-electron chi connectivity index (χ2n) is 7.57. The average Bonchev–Trinajstić information content (AvgIpc) is 3.19. The summed E-state index contributed by atoms with van der Waals surface area (Å²) < 4.78 is 5.36. The van der Waals surface area contributed by atoms with Gasteiger partial charge >= 0.3 is 12.1 Å². The third-order valence-electron chi connectivity index (χ3n) is 4.76. The zero-order valence-electron chi connectivity index (χ0n) is 13.5. The van der Waals surface area contributed by atoms with Gasteiger partial charge in [0.2, 0.25) is 0 Å². The molecule has 2 atom stereocenters. The second kappa shape index (κ2) is 5.50. The minimum atomic E-state index is -1.10. The van der Waals surface area contributed by atoms with Crippen LogP contribution in [0.4, 0.5) is 4.79 Å². The van der Waals surface area contributed by atoms with E-state index in [-0.39, 0.29) is 0 Å². The molecule has 0 aliphatic heterocycles. The Labute approximate surface area is 126 Å². The molecule has 5 heteroatoms. The smallest absolute Gasteiger partial charge is 0.410 e. The number of hydrogen-bond donors (Lipinski definition) is 1. The van der Waals surface area contributed by atoms with E-state index in [2.05, 4.69) is 0 Å². The molecule has 0 saturated heterocycles. The van der Waals surface area contributed by atoms with Crippen LogP contribution in [0, 0.1) is 11.8 Å². The first-order chi connectivity index (χ1) is 9.66. The Kier molecular flexibility index (Phi) is 4.22. The highest BCUT2D eigenvalue weighted by Gasteiger charge is 2.51. The quantitative estimate of drug-likeness (QED) is 0.868. The van der Waals surface area contributed by atoms with Gasteiger partial charge in [0.1, 0.15) is 11.1 Å². The predicted molar refractivity (Wildman–Crippen MR) is 79.0 cm³/mol. The Bertz CT molecular complexity index is 424. The first kappa shape index (κ1) is 16.1. The fourth-order valence-electron chi connectivity index (χ4n) is 3.41. The van der Waals surface area contributed by atoms with Crippen LogP contribution in [0.2, 0.25) is 0 Å². The molecular weight excluding hydrogens is 270 g/mol. The molecule has 2 rings (SSSR count). The summed E-state index contributed by atoms with van der Waals surface area (Å²) in [5, 5.41) is 9.78. The first-order valence-electron chi connectivity index (χ1n) is 7.86. The highest BCUT2D eigenvalue weighted by atomic mass is 16.6. The minimum Gasteiger partial charge on any atom is -0.479 e. The molecule has 0 aromatic heterocycles. The van der Waals surface area contributed by atoms with Gasteiger partial charge in [0, 0.05) is 7.05 Å². The topological polar surface area (TPSA) is 66.8 Å². The molecule has 2 aliphatic carbocycles. The molecular formula is C16H27NO4. The van der Waals surface area contributed by atoms with E-state index in [1.165, 1.54) is 17.7 Å². The maximum Gasteiger partial charge on any atom is 0.410 e. The van der Waals surface area contributed by atoms with Crippen LogP contribution in [0.5, 0.6) is 0 Å². The number of aliphatic carboxylic acids is 1. The third-order valence-corrected chi connectivity index (χ3v) is 4.76. The normalized spacial score (nSPS) is 29.8. The number of amides is 1. The van der Waals surface area contributed by atoms with Crippen molar-refractivity contribution in [2.45, 2.75) is 70.4 Å². The molecule has 0 heterocycles. The molecule has 0 radical (unpaired) electrons. The van der Waals surface area contributed by atoms with E-state index in [9.17, 15) is 14.7 Å². The number of hydrogen-bond acceptors (Lipinski definition) is 3. The first-order valence-corrected chi connectivity index (χ1v) is 7.86. The zero-order chi connectivity index (χ0) is 15.8. The molecule has 0 spiro atoms. The van der Waals surface area contributed by atoms with Gasteiger partial charge in [0.05, 0.1) is 0 Å². The summed E-state index contributed by atoms with van der Waals surface area (Å²) >= 11 is 0. The lowest BCUT2D eigenvalue weighted by Gasteiger charge is -2.44. The van der Waals surface area contributed by atoms with E-state index >= 15 is 0 Å². The second-order valence-corrected chi connectivity index (χ2v) is 7.57. The van der Waals surface area contributed by atoms with E-state index in [1.807, 2.05) is 0 Å². The van der Waals surface area contributed by atoms with Crippen molar-refractivity contribution in [2.24, 2.45) is 11.8 Å². The highest BCUT2D eigenvalue weighted by Crippen LogP contribution is 2.48. The molecule has 0 aromatic carbocycles. The lowest BCUT2D eigenvalue weighted by molar-refractivity contribution is -0.154. The Morgan fingerprint density at radius 1 is 1.19 bits per heavy atom. The fourth-order valence-corrected chi connectivity index (χ4v) is 3.41. The van der Waals surface area contributed by atoms with Crippen molar-refractivity contribution in [2.75, 3.05) is 7.05 Å². The number of ether oxygens (including phenoxy) is 1.